The summed E-state index contributed by atoms with van der Waals surface area (Å²) in [6, 6.07) is 17.2. The first kappa shape index (κ1) is 12.4. The summed E-state index contributed by atoms with van der Waals surface area (Å²) in [5.41, 5.74) is 4.08. The fourth-order valence-electron chi connectivity index (χ4n) is 2.62. The highest BCUT2D eigenvalue weighted by atomic mass is 16.5. The van der Waals surface area contributed by atoms with Crippen LogP contribution in [0.5, 0.6) is 0 Å². The number of oxazole rings is 1. The summed E-state index contributed by atoms with van der Waals surface area (Å²) in [4.78, 5) is 6.76. The van der Waals surface area contributed by atoms with Crippen molar-refractivity contribution in [2.75, 3.05) is 31.2 Å². The number of hydrogen-bond acceptors (Lipinski definition) is 4. The number of rotatable bonds is 2. The van der Waals surface area contributed by atoms with Gasteiger partial charge in [0.1, 0.15) is 5.52 Å². The molecule has 1 aliphatic rings. The van der Waals surface area contributed by atoms with Crippen molar-refractivity contribution in [3.8, 4) is 11.1 Å². The second kappa shape index (κ2) is 5.22. The van der Waals surface area contributed by atoms with E-state index in [2.05, 4.69) is 34.1 Å². The number of nitrogens with zero attached hydrogens (tertiary/aromatic N) is 2. The maximum atomic E-state index is 5.86. The quantitative estimate of drug-likeness (QED) is 0.721. The van der Waals surface area contributed by atoms with E-state index < -0.39 is 0 Å². The molecule has 0 bridgehead atoms. The number of aromatic nitrogens is 1. The number of benzene rings is 2. The standard InChI is InChI=1S/C17H16N2O2/c1-2-4-13(5-3-1)14-6-7-16-15(12-14)18-17(21-16)19-8-10-20-11-9-19/h1-7,12H,8-11H2. The lowest BCUT2D eigenvalue weighted by atomic mass is 10.1. The third-order valence-corrected chi connectivity index (χ3v) is 3.77. The third kappa shape index (κ3) is 2.38. The van der Waals surface area contributed by atoms with Crippen LogP contribution in [0.25, 0.3) is 22.2 Å². The molecule has 0 atom stereocenters. The first-order valence-electron chi connectivity index (χ1n) is 7.19. The average Bonchev–Trinajstić information content (AvgIpc) is 2.99. The molecular formula is C17H16N2O2. The van der Waals surface area contributed by atoms with Gasteiger partial charge in [-0.15, -0.1) is 0 Å². The Hall–Kier alpha value is -2.33. The van der Waals surface area contributed by atoms with Gasteiger partial charge in [0.05, 0.1) is 13.2 Å². The number of ether oxygens (including phenoxy) is 1. The zero-order valence-corrected chi connectivity index (χ0v) is 11.7. The number of hydrogen-bond donors (Lipinski definition) is 0. The molecule has 0 unspecified atom stereocenters. The molecule has 106 valence electrons. The van der Waals surface area contributed by atoms with Crippen molar-refractivity contribution in [1.82, 2.24) is 4.98 Å². The summed E-state index contributed by atoms with van der Waals surface area (Å²) in [5.74, 6) is 0. The number of morpholine rings is 1. The lowest BCUT2D eigenvalue weighted by Gasteiger charge is -2.24. The highest BCUT2D eigenvalue weighted by Crippen LogP contribution is 2.27. The topological polar surface area (TPSA) is 38.5 Å². The third-order valence-electron chi connectivity index (χ3n) is 3.77. The van der Waals surface area contributed by atoms with Gasteiger partial charge in [0, 0.05) is 13.1 Å². The molecular weight excluding hydrogens is 264 g/mol. The van der Waals surface area contributed by atoms with E-state index >= 15 is 0 Å². The van der Waals surface area contributed by atoms with Crippen LogP contribution in [0.15, 0.2) is 52.9 Å². The predicted octanol–water partition coefficient (Wildman–Crippen LogP) is 3.33. The molecule has 1 fully saturated rings. The van der Waals surface area contributed by atoms with Gasteiger partial charge in [-0.25, -0.2) is 0 Å². The first-order chi connectivity index (χ1) is 10.4. The summed E-state index contributed by atoms with van der Waals surface area (Å²) < 4.78 is 11.2. The molecule has 0 N–H and O–H groups in total. The van der Waals surface area contributed by atoms with Crippen molar-refractivity contribution in [3.05, 3.63) is 48.5 Å². The van der Waals surface area contributed by atoms with Crippen molar-refractivity contribution >= 4 is 17.1 Å². The fraction of sp³-hybridized carbons (Fsp3) is 0.235. The zero-order chi connectivity index (χ0) is 14.1. The number of anilines is 1. The molecule has 0 saturated carbocycles. The van der Waals surface area contributed by atoms with Crippen LogP contribution in [0.3, 0.4) is 0 Å². The second-order valence-electron chi connectivity index (χ2n) is 5.14. The number of fused-ring (bicyclic) bond motifs is 1. The maximum Gasteiger partial charge on any atom is 0.298 e. The maximum absolute atomic E-state index is 5.86. The Morgan fingerprint density at radius 3 is 2.52 bits per heavy atom. The minimum absolute atomic E-state index is 0.693. The van der Waals surface area contributed by atoms with Crippen molar-refractivity contribution in [3.63, 3.8) is 0 Å². The summed E-state index contributed by atoms with van der Waals surface area (Å²) in [6.07, 6.45) is 0. The van der Waals surface area contributed by atoms with E-state index in [0.29, 0.717) is 6.01 Å². The lowest BCUT2D eigenvalue weighted by molar-refractivity contribution is 0.120. The molecule has 2 heterocycles. The monoisotopic (exact) mass is 280 g/mol. The predicted molar refractivity (Wildman–Crippen MR) is 82.5 cm³/mol. The summed E-state index contributed by atoms with van der Waals surface area (Å²) in [5, 5.41) is 0. The Morgan fingerprint density at radius 2 is 1.71 bits per heavy atom. The van der Waals surface area contributed by atoms with Gasteiger partial charge in [-0.3, -0.25) is 0 Å². The molecule has 0 amide bonds. The van der Waals surface area contributed by atoms with Crippen LogP contribution in [0.1, 0.15) is 0 Å². The van der Waals surface area contributed by atoms with Gasteiger partial charge in [0.15, 0.2) is 5.58 Å². The largest absolute Gasteiger partial charge is 0.423 e. The van der Waals surface area contributed by atoms with Gasteiger partial charge in [-0.2, -0.15) is 4.98 Å². The van der Waals surface area contributed by atoms with Crippen LogP contribution >= 0.6 is 0 Å². The van der Waals surface area contributed by atoms with Crippen molar-refractivity contribution in [2.24, 2.45) is 0 Å². The first-order valence-corrected chi connectivity index (χ1v) is 7.19. The second-order valence-corrected chi connectivity index (χ2v) is 5.14. The average molecular weight is 280 g/mol. The lowest BCUT2D eigenvalue weighted by Crippen LogP contribution is -2.36. The highest BCUT2D eigenvalue weighted by Gasteiger charge is 2.17. The van der Waals surface area contributed by atoms with Crippen LogP contribution in [0.2, 0.25) is 0 Å². The molecule has 0 spiro atoms. The smallest absolute Gasteiger partial charge is 0.298 e. The van der Waals surface area contributed by atoms with Crippen LogP contribution in [-0.2, 0) is 4.74 Å². The normalized spacial score (nSPS) is 15.5. The Kier molecular flexibility index (Phi) is 3.09. The Balaban J connectivity index is 1.71. The molecule has 3 aromatic rings. The molecule has 1 saturated heterocycles. The molecule has 1 aliphatic heterocycles. The summed E-state index contributed by atoms with van der Waals surface area (Å²) in [6.45, 7) is 3.12. The van der Waals surface area contributed by atoms with E-state index in [1.54, 1.807) is 0 Å². The highest BCUT2D eigenvalue weighted by molar-refractivity contribution is 5.81. The van der Waals surface area contributed by atoms with Gasteiger partial charge in [0.25, 0.3) is 6.01 Å². The van der Waals surface area contributed by atoms with Gasteiger partial charge in [0.2, 0.25) is 0 Å². The molecule has 4 nitrogen and oxygen atoms in total. The molecule has 2 aromatic carbocycles. The van der Waals surface area contributed by atoms with Crippen molar-refractivity contribution < 1.29 is 9.15 Å². The minimum atomic E-state index is 0.693. The zero-order valence-electron chi connectivity index (χ0n) is 11.7. The van der Waals surface area contributed by atoms with Gasteiger partial charge >= 0.3 is 0 Å². The SMILES string of the molecule is c1ccc(-c2ccc3oc(N4CCOCC4)nc3c2)cc1. The van der Waals surface area contributed by atoms with E-state index in [4.69, 9.17) is 9.15 Å². The minimum Gasteiger partial charge on any atom is -0.423 e. The van der Waals surface area contributed by atoms with Crippen molar-refractivity contribution in [2.45, 2.75) is 0 Å². The van der Waals surface area contributed by atoms with Crippen LogP contribution in [0, 0.1) is 0 Å². The summed E-state index contributed by atoms with van der Waals surface area (Å²) >= 11 is 0. The molecule has 0 aliphatic carbocycles. The van der Waals surface area contributed by atoms with E-state index in [9.17, 15) is 0 Å². The van der Waals surface area contributed by atoms with Crippen molar-refractivity contribution in [1.29, 1.82) is 0 Å². The Bertz CT molecular complexity index is 746. The molecule has 0 radical (unpaired) electrons. The fourth-order valence-corrected chi connectivity index (χ4v) is 2.62. The van der Waals surface area contributed by atoms with E-state index in [0.717, 1.165) is 43.0 Å². The van der Waals surface area contributed by atoms with Gasteiger partial charge in [-0.05, 0) is 23.3 Å². The van der Waals surface area contributed by atoms with Crippen LogP contribution in [0.4, 0.5) is 6.01 Å². The van der Waals surface area contributed by atoms with Gasteiger partial charge in [-0.1, -0.05) is 36.4 Å². The van der Waals surface area contributed by atoms with Gasteiger partial charge < -0.3 is 14.1 Å². The Morgan fingerprint density at radius 1 is 0.905 bits per heavy atom. The van der Waals surface area contributed by atoms with Crippen LogP contribution < -0.4 is 4.90 Å². The molecule has 21 heavy (non-hydrogen) atoms. The van der Waals surface area contributed by atoms with E-state index in [-0.39, 0.29) is 0 Å². The van der Waals surface area contributed by atoms with E-state index in [1.807, 2.05) is 24.3 Å². The summed E-state index contributed by atoms with van der Waals surface area (Å²) in [7, 11) is 0. The molecule has 1 aromatic heterocycles. The molecule has 4 rings (SSSR count). The Labute approximate surface area is 123 Å². The van der Waals surface area contributed by atoms with E-state index in [1.165, 1.54) is 5.56 Å². The van der Waals surface area contributed by atoms with Crippen LogP contribution in [-0.4, -0.2) is 31.3 Å². The molecule has 4 heteroatoms.